The van der Waals surface area contributed by atoms with Crippen LogP contribution in [0.5, 0.6) is 0 Å². The second-order valence-electron chi connectivity index (χ2n) is 5.19. The summed E-state index contributed by atoms with van der Waals surface area (Å²) in [6, 6.07) is 0. The molecule has 4 heteroatoms. The van der Waals surface area contributed by atoms with Crippen molar-refractivity contribution in [2.45, 2.75) is 45.4 Å². The Labute approximate surface area is 116 Å². The van der Waals surface area contributed by atoms with Gasteiger partial charge in [-0.05, 0) is 57.2 Å². The van der Waals surface area contributed by atoms with E-state index in [9.17, 15) is 4.79 Å². The minimum absolute atomic E-state index is 0.0927. The lowest BCUT2D eigenvalue weighted by Gasteiger charge is -2.35. The summed E-state index contributed by atoms with van der Waals surface area (Å²) in [7, 11) is 0. The van der Waals surface area contributed by atoms with Crippen LogP contribution in [0.1, 0.15) is 45.4 Å². The number of hydrogen-bond acceptors (Lipinski definition) is 3. The maximum atomic E-state index is 12.3. The number of hydrogen-bond donors (Lipinski definition) is 2. The van der Waals surface area contributed by atoms with Gasteiger partial charge in [0, 0.05) is 6.54 Å². The van der Waals surface area contributed by atoms with Gasteiger partial charge in [0.2, 0.25) is 5.91 Å². The van der Waals surface area contributed by atoms with E-state index in [1.807, 2.05) is 11.8 Å². The van der Waals surface area contributed by atoms with E-state index in [4.69, 9.17) is 0 Å². The highest BCUT2D eigenvalue weighted by Gasteiger charge is 2.37. The van der Waals surface area contributed by atoms with Crippen molar-refractivity contribution < 1.29 is 4.79 Å². The van der Waals surface area contributed by atoms with E-state index < -0.39 is 0 Å². The first-order valence-corrected chi connectivity index (χ1v) is 8.62. The highest BCUT2D eigenvalue weighted by atomic mass is 32.2. The van der Waals surface area contributed by atoms with Crippen molar-refractivity contribution in [2.24, 2.45) is 5.41 Å². The van der Waals surface area contributed by atoms with Crippen LogP contribution in [0.25, 0.3) is 0 Å². The molecule has 1 aliphatic rings. The van der Waals surface area contributed by atoms with Crippen LogP contribution in [0, 0.1) is 5.41 Å². The molecule has 0 unspecified atom stereocenters. The van der Waals surface area contributed by atoms with Crippen molar-refractivity contribution in [3.8, 4) is 0 Å². The Morgan fingerprint density at radius 1 is 1.28 bits per heavy atom. The maximum absolute atomic E-state index is 12.3. The summed E-state index contributed by atoms with van der Waals surface area (Å²) in [5.74, 6) is 1.52. The zero-order chi connectivity index (χ0) is 13.3. The molecule has 0 spiro atoms. The first kappa shape index (κ1) is 15.8. The van der Waals surface area contributed by atoms with E-state index in [0.717, 1.165) is 45.3 Å². The first-order chi connectivity index (χ1) is 8.75. The molecule has 18 heavy (non-hydrogen) atoms. The average molecular weight is 272 g/mol. The molecule has 2 N–H and O–H groups in total. The zero-order valence-electron chi connectivity index (χ0n) is 11.9. The molecule has 0 atom stereocenters. The normalized spacial score (nSPS) is 18.6. The SMILES string of the molecule is CCC1(C(=O)NCCCCCSC)CCNCC1. The van der Waals surface area contributed by atoms with Gasteiger partial charge in [0.1, 0.15) is 0 Å². The molecule has 0 saturated carbocycles. The van der Waals surface area contributed by atoms with Gasteiger partial charge in [-0.25, -0.2) is 0 Å². The minimum atomic E-state index is -0.0927. The third-order valence-corrected chi connectivity index (χ3v) is 4.73. The Bertz CT molecular complexity index is 240. The lowest BCUT2D eigenvalue weighted by molar-refractivity contribution is -0.132. The number of nitrogens with one attached hydrogen (secondary N) is 2. The monoisotopic (exact) mass is 272 g/mol. The largest absolute Gasteiger partial charge is 0.356 e. The van der Waals surface area contributed by atoms with Crippen molar-refractivity contribution in [2.75, 3.05) is 31.6 Å². The zero-order valence-corrected chi connectivity index (χ0v) is 12.7. The molecule has 106 valence electrons. The molecule has 0 aliphatic carbocycles. The predicted octanol–water partition coefficient (Wildman–Crippen LogP) is 2.42. The van der Waals surface area contributed by atoms with Crippen molar-refractivity contribution >= 4 is 17.7 Å². The van der Waals surface area contributed by atoms with Crippen molar-refractivity contribution in [3.05, 3.63) is 0 Å². The van der Waals surface area contributed by atoms with Gasteiger partial charge in [-0.1, -0.05) is 13.3 Å². The third kappa shape index (κ3) is 4.81. The number of piperidine rings is 1. The molecule has 1 amide bonds. The van der Waals surface area contributed by atoms with Gasteiger partial charge in [0.25, 0.3) is 0 Å². The quantitative estimate of drug-likeness (QED) is 0.667. The van der Waals surface area contributed by atoms with E-state index in [0.29, 0.717) is 0 Å². The summed E-state index contributed by atoms with van der Waals surface area (Å²) in [5, 5.41) is 6.48. The van der Waals surface area contributed by atoms with Gasteiger partial charge in [0.05, 0.1) is 5.41 Å². The fourth-order valence-electron chi connectivity index (χ4n) is 2.58. The first-order valence-electron chi connectivity index (χ1n) is 7.23. The van der Waals surface area contributed by atoms with Gasteiger partial charge in [-0.15, -0.1) is 0 Å². The van der Waals surface area contributed by atoms with E-state index in [-0.39, 0.29) is 11.3 Å². The smallest absolute Gasteiger partial charge is 0.226 e. The van der Waals surface area contributed by atoms with Gasteiger partial charge < -0.3 is 10.6 Å². The highest BCUT2D eigenvalue weighted by Crippen LogP contribution is 2.32. The van der Waals surface area contributed by atoms with E-state index in [2.05, 4.69) is 23.8 Å². The Balaban J connectivity index is 2.21. The van der Waals surface area contributed by atoms with Gasteiger partial charge >= 0.3 is 0 Å². The average Bonchev–Trinajstić information content (AvgIpc) is 2.43. The second-order valence-corrected chi connectivity index (χ2v) is 6.18. The summed E-state index contributed by atoms with van der Waals surface area (Å²) in [6.07, 6.45) is 8.69. The number of rotatable bonds is 8. The van der Waals surface area contributed by atoms with Gasteiger partial charge in [-0.2, -0.15) is 11.8 Å². The highest BCUT2D eigenvalue weighted by molar-refractivity contribution is 7.98. The van der Waals surface area contributed by atoms with Crippen LogP contribution in [-0.2, 0) is 4.79 Å². The standard InChI is InChI=1S/C14H28N2OS/c1-3-14(7-10-15-11-8-14)13(17)16-9-5-4-6-12-18-2/h15H,3-12H2,1-2H3,(H,16,17). The molecule has 1 heterocycles. The number of amides is 1. The number of carbonyl (C=O) groups is 1. The van der Waals surface area contributed by atoms with Gasteiger partial charge in [0.15, 0.2) is 0 Å². The van der Waals surface area contributed by atoms with Crippen molar-refractivity contribution in [1.29, 1.82) is 0 Å². The Morgan fingerprint density at radius 3 is 2.61 bits per heavy atom. The van der Waals surface area contributed by atoms with Crippen LogP contribution in [0.2, 0.25) is 0 Å². The van der Waals surface area contributed by atoms with Crippen LogP contribution < -0.4 is 10.6 Å². The summed E-state index contributed by atoms with van der Waals surface area (Å²) in [5.41, 5.74) is -0.0927. The predicted molar refractivity (Wildman–Crippen MR) is 80.1 cm³/mol. The molecule has 3 nitrogen and oxygen atoms in total. The molecule has 0 aromatic rings. The molecule has 1 saturated heterocycles. The summed E-state index contributed by atoms with van der Waals surface area (Å²) >= 11 is 1.90. The van der Waals surface area contributed by atoms with Crippen LogP contribution in [0.3, 0.4) is 0 Å². The topological polar surface area (TPSA) is 41.1 Å². The Hall–Kier alpha value is -0.220. The summed E-state index contributed by atoms with van der Waals surface area (Å²) in [4.78, 5) is 12.3. The van der Waals surface area contributed by atoms with Crippen LogP contribution >= 0.6 is 11.8 Å². The van der Waals surface area contributed by atoms with Crippen LogP contribution in [0.4, 0.5) is 0 Å². The van der Waals surface area contributed by atoms with Crippen LogP contribution in [0.15, 0.2) is 0 Å². The fourth-order valence-corrected chi connectivity index (χ4v) is 3.08. The van der Waals surface area contributed by atoms with E-state index >= 15 is 0 Å². The number of thioether (sulfide) groups is 1. The number of unbranched alkanes of at least 4 members (excludes halogenated alkanes) is 2. The summed E-state index contributed by atoms with van der Waals surface area (Å²) in [6.45, 7) is 4.95. The number of carbonyl (C=O) groups excluding carboxylic acids is 1. The molecule has 0 bridgehead atoms. The third-order valence-electron chi connectivity index (χ3n) is 4.03. The lowest BCUT2D eigenvalue weighted by atomic mass is 9.76. The Kier molecular flexibility index (Phi) is 7.75. The summed E-state index contributed by atoms with van der Waals surface area (Å²) < 4.78 is 0. The maximum Gasteiger partial charge on any atom is 0.226 e. The fraction of sp³-hybridized carbons (Fsp3) is 0.929. The van der Waals surface area contributed by atoms with Crippen molar-refractivity contribution in [1.82, 2.24) is 10.6 Å². The van der Waals surface area contributed by atoms with E-state index in [1.165, 1.54) is 18.6 Å². The lowest BCUT2D eigenvalue weighted by Crippen LogP contribution is -2.47. The molecule has 1 fully saturated rings. The molecule has 0 aromatic heterocycles. The van der Waals surface area contributed by atoms with Gasteiger partial charge in [-0.3, -0.25) is 4.79 Å². The van der Waals surface area contributed by atoms with E-state index in [1.54, 1.807) is 0 Å². The Morgan fingerprint density at radius 2 is 2.00 bits per heavy atom. The molecule has 1 rings (SSSR count). The minimum Gasteiger partial charge on any atom is -0.356 e. The van der Waals surface area contributed by atoms with Crippen molar-refractivity contribution in [3.63, 3.8) is 0 Å². The molecular formula is C14H28N2OS. The second kappa shape index (κ2) is 8.81. The van der Waals surface area contributed by atoms with Crippen LogP contribution in [-0.4, -0.2) is 37.6 Å². The molecule has 0 aromatic carbocycles. The molecule has 1 aliphatic heterocycles. The molecular weight excluding hydrogens is 244 g/mol. The molecule has 0 radical (unpaired) electrons.